The number of carbonyl (C=O) groups is 1. The average molecular weight is 412 g/mol. The lowest BCUT2D eigenvalue weighted by atomic mass is 10.2. The Hall–Kier alpha value is -2.46. The lowest BCUT2D eigenvalue weighted by Crippen LogP contribution is -2.21. The van der Waals surface area contributed by atoms with Crippen LogP contribution in [0.1, 0.15) is 41.2 Å². The van der Waals surface area contributed by atoms with Crippen LogP contribution in [0.5, 0.6) is 0 Å². The van der Waals surface area contributed by atoms with E-state index in [4.69, 9.17) is 14.6 Å². The lowest BCUT2D eigenvalue weighted by molar-refractivity contribution is -0.192. The molecule has 2 aromatic rings. The maximum atomic E-state index is 10.6. The highest BCUT2D eigenvalue weighted by Crippen LogP contribution is 2.30. The van der Waals surface area contributed by atoms with Gasteiger partial charge in [0.15, 0.2) is 0 Å². The third-order valence-electron chi connectivity index (χ3n) is 4.67. The van der Waals surface area contributed by atoms with E-state index in [1.165, 1.54) is 24.1 Å². The van der Waals surface area contributed by atoms with Crippen molar-refractivity contribution in [1.29, 1.82) is 0 Å². The molecule has 2 aliphatic rings. The van der Waals surface area contributed by atoms with E-state index in [0.29, 0.717) is 6.61 Å². The number of aromatic amines is 1. The molecule has 4 rings (SSSR count). The molecule has 0 spiro atoms. The fourth-order valence-corrected chi connectivity index (χ4v) is 3.02. The standard InChI is InChI=1S/C17H22N4O.C2HF3O2/c1-12-3-2-4-14(18-12)7-21-8-15-16(9-21)19-20-17(15)11-22-10-13-5-6-13;3-2(4,5)1(6)7/h2-4,13H,5-11H2,1H3,(H,19,20);(H,6,7). The molecule has 0 aromatic carbocycles. The number of aliphatic carboxylic acids is 1. The number of ether oxygens (including phenoxy) is 1. The highest BCUT2D eigenvalue weighted by atomic mass is 19.4. The first-order valence-electron chi connectivity index (χ1n) is 9.30. The van der Waals surface area contributed by atoms with Gasteiger partial charge in [0.05, 0.1) is 23.7 Å². The highest BCUT2D eigenvalue weighted by molar-refractivity contribution is 5.73. The molecule has 0 unspecified atom stereocenters. The van der Waals surface area contributed by atoms with Gasteiger partial charge >= 0.3 is 12.1 Å². The highest BCUT2D eigenvalue weighted by Gasteiger charge is 2.38. The summed E-state index contributed by atoms with van der Waals surface area (Å²) in [4.78, 5) is 15.9. The summed E-state index contributed by atoms with van der Waals surface area (Å²) in [7, 11) is 0. The van der Waals surface area contributed by atoms with Crippen LogP contribution in [-0.4, -0.2) is 43.9 Å². The number of hydrogen-bond acceptors (Lipinski definition) is 5. The van der Waals surface area contributed by atoms with Gasteiger partial charge < -0.3 is 9.84 Å². The molecule has 3 heterocycles. The summed E-state index contributed by atoms with van der Waals surface area (Å²) in [5, 5.41) is 14.7. The molecule has 0 amide bonds. The number of halogens is 3. The molecule has 10 heteroatoms. The van der Waals surface area contributed by atoms with E-state index in [1.807, 2.05) is 13.0 Å². The van der Waals surface area contributed by atoms with Gasteiger partial charge in [0.1, 0.15) is 0 Å². The van der Waals surface area contributed by atoms with Gasteiger partial charge in [0.2, 0.25) is 0 Å². The molecule has 1 saturated carbocycles. The van der Waals surface area contributed by atoms with E-state index in [1.54, 1.807) is 0 Å². The van der Waals surface area contributed by atoms with Gasteiger partial charge in [-0.15, -0.1) is 0 Å². The second-order valence-electron chi connectivity index (χ2n) is 7.30. The zero-order chi connectivity index (χ0) is 21.0. The summed E-state index contributed by atoms with van der Waals surface area (Å²) in [6, 6.07) is 6.21. The van der Waals surface area contributed by atoms with Crippen molar-refractivity contribution in [1.82, 2.24) is 20.1 Å². The molecule has 7 nitrogen and oxygen atoms in total. The van der Waals surface area contributed by atoms with E-state index in [9.17, 15) is 13.2 Å². The van der Waals surface area contributed by atoms with Crippen molar-refractivity contribution in [3.05, 3.63) is 46.5 Å². The van der Waals surface area contributed by atoms with Gasteiger partial charge in [-0.3, -0.25) is 15.0 Å². The Balaban J connectivity index is 0.000000298. The number of nitrogens with zero attached hydrogens (tertiary/aromatic N) is 3. The van der Waals surface area contributed by atoms with Crippen molar-refractivity contribution in [3.8, 4) is 0 Å². The van der Waals surface area contributed by atoms with Crippen LogP contribution in [0.15, 0.2) is 18.2 Å². The number of fused-ring (bicyclic) bond motifs is 1. The van der Waals surface area contributed by atoms with Crippen LogP contribution in [-0.2, 0) is 35.8 Å². The van der Waals surface area contributed by atoms with Gasteiger partial charge in [-0.05, 0) is 37.8 Å². The number of nitrogens with one attached hydrogen (secondary N) is 1. The quantitative estimate of drug-likeness (QED) is 0.757. The molecule has 0 radical (unpaired) electrons. The van der Waals surface area contributed by atoms with Crippen molar-refractivity contribution in [2.75, 3.05) is 6.61 Å². The van der Waals surface area contributed by atoms with Crippen LogP contribution < -0.4 is 0 Å². The molecule has 2 N–H and O–H groups in total. The Morgan fingerprint density at radius 3 is 2.69 bits per heavy atom. The Morgan fingerprint density at radius 1 is 1.34 bits per heavy atom. The normalized spacial score (nSPS) is 16.3. The first-order valence-corrected chi connectivity index (χ1v) is 9.30. The first kappa shape index (κ1) is 21.3. The molecule has 2 aromatic heterocycles. The second-order valence-corrected chi connectivity index (χ2v) is 7.30. The third-order valence-corrected chi connectivity index (χ3v) is 4.67. The zero-order valence-electron chi connectivity index (χ0n) is 16.0. The van der Waals surface area contributed by atoms with Gasteiger partial charge in [-0.1, -0.05) is 6.07 Å². The minimum Gasteiger partial charge on any atom is -0.475 e. The Morgan fingerprint density at radius 2 is 2.07 bits per heavy atom. The summed E-state index contributed by atoms with van der Waals surface area (Å²) in [5.41, 5.74) is 5.84. The fourth-order valence-electron chi connectivity index (χ4n) is 3.02. The molecule has 1 aliphatic heterocycles. The SMILES string of the molecule is Cc1cccc(CN2Cc3[nH]nc(COCC4CC4)c3C2)n1.O=C(O)C(F)(F)F. The smallest absolute Gasteiger partial charge is 0.475 e. The van der Waals surface area contributed by atoms with E-state index in [0.717, 1.165) is 49.2 Å². The van der Waals surface area contributed by atoms with Crippen molar-refractivity contribution in [2.45, 2.75) is 52.2 Å². The zero-order valence-corrected chi connectivity index (χ0v) is 16.0. The van der Waals surface area contributed by atoms with E-state index in [2.05, 4.69) is 32.2 Å². The summed E-state index contributed by atoms with van der Waals surface area (Å²) in [6.45, 7) is 6.30. The van der Waals surface area contributed by atoms with Crippen LogP contribution in [0.25, 0.3) is 0 Å². The fraction of sp³-hybridized carbons (Fsp3) is 0.526. The molecule has 0 bridgehead atoms. The monoisotopic (exact) mass is 412 g/mol. The largest absolute Gasteiger partial charge is 0.490 e. The number of aromatic nitrogens is 3. The predicted molar refractivity (Wildman–Crippen MR) is 96.6 cm³/mol. The number of carboxylic acid groups (broad SMARTS) is 1. The summed E-state index contributed by atoms with van der Waals surface area (Å²) in [6.07, 6.45) is -2.42. The summed E-state index contributed by atoms with van der Waals surface area (Å²) in [5.74, 6) is -1.96. The number of H-pyrrole nitrogens is 1. The van der Waals surface area contributed by atoms with Crippen molar-refractivity contribution < 1.29 is 27.8 Å². The minimum absolute atomic E-state index is 0.638. The maximum absolute atomic E-state index is 10.6. The maximum Gasteiger partial charge on any atom is 0.490 e. The van der Waals surface area contributed by atoms with E-state index < -0.39 is 12.1 Å². The molecular weight excluding hydrogens is 389 g/mol. The third kappa shape index (κ3) is 6.26. The number of carboxylic acids is 1. The molecule has 1 aliphatic carbocycles. The van der Waals surface area contributed by atoms with E-state index in [-0.39, 0.29) is 0 Å². The second kappa shape index (κ2) is 8.91. The van der Waals surface area contributed by atoms with Crippen molar-refractivity contribution >= 4 is 5.97 Å². The Kier molecular flexibility index (Phi) is 6.53. The predicted octanol–water partition coefficient (Wildman–Crippen LogP) is 3.19. The molecular formula is C19H23F3N4O3. The Labute approximate surface area is 165 Å². The lowest BCUT2D eigenvalue weighted by Gasteiger charge is -2.14. The van der Waals surface area contributed by atoms with E-state index >= 15 is 0 Å². The number of hydrogen-bond donors (Lipinski definition) is 2. The number of pyridine rings is 1. The van der Waals surface area contributed by atoms with Crippen LogP contribution in [0.2, 0.25) is 0 Å². The van der Waals surface area contributed by atoms with Crippen molar-refractivity contribution in [2.24, 2.45) is 5.92 Å². The van der Waals surface area contributed by atoms with Gasteiger partial charge in [-0.2, -0.15) is 18.3 Å². The average Bonchev–Trinajstić information content (AvgIpc) is 3.26. The molecule has 0 atom stereocenters. The van der Waals surface area contributed by atoms with Crippen LogP contribution in [0.4, 0.5) is 13.2 Å². The Bertz CT molecular complexity index is 849. The number of alkyl halides is 3. The minimum atomic E-state index is -5.08. The van der Waals surface area contributed by atoms with Gasteiger partial charge in [0, 0.05) is 37.5 Å². The molecule has 0 saturated heterocycles. The van der Waals surface area contributed by atoms with Crippen LogP contribution in [0, 0.1) is 12.8 Å². The van der Waals surface area contributed by atoms with Crippen LogP contribution in [0.3, 0.4) is 0 Å². The summed E-state index contributed by atoms with van der Waals surface area (Å²) >= 11 is 0. The summed E-state index contributed by atoms with van der Waals surface area (Å²) < 4.78 is 37.5. The number of aryl methyl sites for hydroxylation is 1. The van der Waals surface area contributed by atoms with Gasteiger partial charge in [-0.25, -0.2) is 4.79 Å². The first-order chi connectivity index (χ1) is 13.7. The molecule has 1 fully saturated rings. The van der Waals surface area contributed by atoms with Crippen molar-refractivity contribution in [3.63, 3.8) is 0 Å². The number of rotatable bonds is 6. The molecule has 158 valence electrons. The van der Waals surface area contributed by atoms with Gasteiger partial charge in [0.25, 0.3) is 0 Å². The molecule has 29 heavy (non-hydrogen) atoms. The van der Waals surface area contributed by atoms with Crippen LogP contribution >= 0.6 is 0 Å². The topological polar surface area (TPSA) is 91.3 Å².